The first-order chi connectivity index (χ1) is 7.15. The second-order valence-electron chi connectivity index (χ2n) is 3.15. The minimum atomic E-state index is -0.430. The first-order valence-corrected chi connectivity index (χ1v) is 6.50. The number of rotatable bonds is 4. The van der Waals surface area contributed by atoms with Crippen LogP contribution in [0.25, 0.3) is 0 Å². The molecule has 0 aliphatic carbocycles. The number of hydrogen-bond acceptors (Lipinski definition) is 3. The zero-order valence-corrected chi connectivity index (χ0v) is 10.3. The van der Waals surface area contributed by atoms with Gasteiger partial charge in [-0.1, -0.05) is 14.4 Å². The van der Waals surface area contributed by atoms with Gasteiger partial charge in [0.25, 0.3) is 0 Å². The van der Waals surface area contributed by atoms with E-state index in [9.17, 15) is 9.59 Å². The van der Waals surface area contributed by atoms with Crippen LogP contribution in [0.4, 0.5) is 0 Å². The summed E-state index contributed by atoms with van der Waals surface area (Å²) in [6.45, 7) is 6.06. The highest BCUT2D eigenvalue weighted by Gasteiger charge is 2.09. The van der Waals surface area contributed by atoms with E-state index in [0.29, 0.717) is 27.5 Å². The van der Waals surface area contributed by atoms with Gasteiger partial charge in [-0.25, -0.2) is 14.2 Å². The summed E-state index contributed by atoms with van der Waals surface area (Å²) in [6.07, 6.45) is 1.56. The zero-order valence-electron chi connectivity index (χ0n) is 9.28. The third-order valence-corrected chi connectivity index (χ3v) is 3.05. The molecule has 1 aromatic heterocycles. The highest BCUT2D eigenvalue weighted by molar-refractivity contribution is 7.35. The molecule has 1 atom stereocenters. The molecule has 1 heterocycles. The zero-order chi connectivity index (χ0) is 11.4. The van der Waals surface area contributed by atoms with Crippen LogP contribution in [0.5, 0.6) is 0 Å². The van der Waals surface area contributed by atoms with Crippen molar-refractivity contribution in [3.63, 3.8) is 0 Å². The maximum Gasteiger partial charge on any atom is 0.353 e. The molecule has 0 aromatic carbocycles. The standard InChI is InChI=1S/C9H16N3O2P.CH4/c1-4-6-7-10-8(13)11(5-2)9(14)12(7)15-3;/h15H,4-6H2,1-3H3;1H4. The van der Waals surface area contributed by atoms with Crippen LogP contribution in [0.15, 0.2) is 9.59 Å². The Balaban J connectivity index is 0.00000225. The van der Waals surface area contributed by atoms with Gasteiger partial charge in [-0.15, -0.1) is 0 Å². The lowest BCUT2D eigenvalue weighted by atomic mass is 10.3. The Morgan fingerprint density at radius 2 is 1.94 bits per heavy atom. The smallest absolute Gasteiger partial charge is 0.263 e. The molecule has 0 aliphatic rings. The van der Waals surface area contributed by atoms with E-state index in [1.165, 1.54) is 0 Å². The summed E-state index contributed by atoms with van der Waals surface area (Å²) < 4.78 is 2.75. The Morgan fingerprint density at radius 3 is 2.38 bits per heavy atom. The van der Waals surface area contributed by atoms with Crippen molar-refractivity contribution in [1.29, 1.82) is 0 Å². The molecule has 0 aliphatic heterocycles. The molecule has 6 heteroatoms. The van der Waals surface area contributed by atoms with Gasteiger partial charge < -0.3 is 0 Å². The third kappa shape index (κ3) is 2.79. The third-order valence-electron chi connectivity index (χ3n) is 2.15. The van der Waals surface area contributed by atoms with Crippen molar-refractivity contribution in [3.8, 4) is 0 Å². The Labute approximate surface area is 97.4 Å². The molecule has 92 valence electrons. The molecule has 1 rings (SSSR count). The van der Waals surface area contributed by atoms with Gasteiger partial charge in [0, 0.05) is 13.0 Å². The van der Waals surface area contributed by atoms with Crippen LogP contribution >= 0.6 is 8.73 Å². The van der Waals surface area contributed by atoms with Crippen molar-refractivity contribution in [2.45, 2.75) is 40.7 Å². The first-order valence-electron chi connectivity index (χ1n) is 5.06. The summed E-state index contributed by atoms with van der Waals surface area (Å²) in [5.74, 6) is 0.609. The number of aryl methyl sites for hydroxylation is 1. The van der Waals surface area contributed by atoms with Crippen LogP contribution < -0.4 is 11.4 Å². The number of nitrogens with zero attached hydrogens (tertiary/aromatic N) is 3. The molecular weight excluding hydrogens is 225 g/mol. The molecule has 0 N–H and O–H groups in total. The molecule has 0 saturated carbocycles. The van der Waals surface area contributed by atoms with Crippen molar-refractivity contribution in [2.24, 2.45) is 0 Å². The van der Waals surface area contributed by atoms with Gasteiger partial charge in [0.15, 0.2) is 0 Å². The number of aromatic nitrogens is 3. The second kappa shape index (κ2) is 6.59. The monoisotopic (exact) mass is 245 g/mol. The van der Waals surface area contributed by atoms with E-state index in [2.05, 4.69) is 4.98 Å². The van der Waals surface area contributed by atoms with E-state index in [-0.39, 0.29) is 13.1 Å². The molecule has 1 unspecified atom stereocenters. The van der Waals surface area contributed by atoms with Crippen molar-refractivity contribution in [2.75, 3.05) is 6.66 Å². The summed E-state index contributed by atoms with van der Waals surface area (Å²) in [5.41, 5.74) is -0.665. The summed E-state index contributed by atoms with van der Waals surface area (Å²) in [5, 5.41) is 0. The van der Waals surface area contributed by atoms with Crippen molar-refractivity contribution in [1.82, 2.24) is 13.9 Å². The molecule has 0 spiro atoms. The maximum atomic E-state index is 11.8. The van der Waals surface area contributed by atoms with Gasteiger partial charge in [-0.3, -0.25) is 4.34 Å². The molecule has 0 radical (unpaired) electrons. The quantitative estimate of drug-likeness (QED) is 0.746. The van der Waals surface area contributed by atoms with Crippen molar-refractivity contribution < 1.29 is 0 Å². The van der Waals surface area contributed by atoms with Gasteiger partial charge in [-0.05, 0) is 28.7 Å². The van der Waals surface area contributed by atoms with E-state index in [1.807, 2.05) is 13.6 Å². The normalized spacial score (nSPS) is 10.7. The van der Waals surface area contributed by atoms with Crippen LogP contribution in [0, 0.1) is 0 Å². The molecule has 1 aromatic rings. The Bertz CT molecular complexity index is 450. The van der Waals surface area contributed by atoms with Crippen LogP contribution in [-0.4, -0.2) is 20.6 Å². The van der Waals surface area contributed by atoms with Crippen LogP contribution in [0.2, 0.25) is 0 Å². The highest BCUT2D eigenvalue weighted by atomic mass is 31.1. The lowest BCUT2D eigenvalue weighted by molar-refractivity contribution is 0.606. The molecule has 0 fully saturated rings. The molecule has 0 bridgehead atoms. The summed E-state index contributed by atoms with van der Waals surface area (Å²) in [4.78, 5) is 27.3. The second-order valence-corrected chi connectivity index (χ2v) is 4.04. The number of hydrogen-bond donors (Lipinski definition) is 0. The van der Waals surface area contributed by atoms with E-state index in [0.717, 1.165) is 11.0 Å². The molecular formula is C10H20N3O2P. The fourth-order valence-electron chi connectivity index (χ4n) is 1.42. The SMILES string of the molecule is C.CCCc1nc(=O)n(CC)c(=O)n1PC. The topological polar surface area (TPSA) is 56.9 Å². The van der Waals surface area contributed by atoms with Crippen molar-refractivity contribution >= 4 is 8.73 Å². The van der Waals surface area contributed by atoms with Gasteiger partial charge in [0.2, 0.25) is 0 Å². The van der Waals surface area contributed by atoms with Gasteiger partial charge in [-0.2, -0.15) is 4.98 Å². The van der Waals surface area contributed by atoms with Crippen LogP contribution in [-0.2, 0) is 13.0 Å². The summed E-state index contributed by atoms with van der Waals surface area (Å²) in [7, 11) is 0.315. The Morgan fingerprint density at radius 1 is 1.31 bits per heavy atom. The minimum absolute atomic E-state index is 0. The fraction of sp³-hybridized carbons (Fsp3) is 0.700. The average Bonchev–Trinajstić information content (AvgIpc) is 2.19. The highest BCUT2D eigenvalue weighted by Crippen LogP contribution is 2.07. The van der Waals surface area contributed by atoms with E-state index in [1.54, 1.807) is 11.3 Å². The first kappa shape index (κ1) is 15.0. The van der Waals surface area contributed by atoms with E-state index in [4.69, 9.17) is 0 Å². The Kier molecular flexibility index (Phi) is 6.19. The maximum absolute atomic E-state index is 11.8. The predicted molar refractivity (Wildman–Crippen MR) is 68.8 cm³/mol. The fourth-order valence-corrected chi connectivity index (χ4v) is 2.15. The van der Waals surface area contributed by atoms with E-state index < -0.39 is 5.69 Å². The average molecular weight is 245 g/mol. The summed E-state index contributed by atoms with van der Waals surface area (Å²) in [6, 6.07) is 0. The molecule has 0 saturated heterocycles. The largest absolute Gasteiger partial charge is 0.353 e. The van der Waals surface area contributed by atoms with Gasteiger partial charge >= 0.3 is 11.4 Å². The molecule has 16 heavy (non-hydrogen) atoms. The van der Waals surface area contributed by atoms with E-state index >= 15 is 0 Å². The predicted octanol–water partition coefficient (Wildman–Crippen LogP) is 1.08. The Hall–Kier alpha value is -0.960. The minimum Gasteiger partial charge on any atom is -0.263 e. The molecule has 0 amide bonds. The van der Waals surface area contributed by atoms with Gasteiger partial charge in [0.05, 0.1) is 0 Å². The van der Waals surface area contributed by atoms with Crippen molar-refractivity contribution in [3.05, 3.63) is 26.8 Å². The summed E-state index contributed by atoms with van der Waals surface area (Å²) >= 11 is 0. The molecule has 5 nitrogen and oxygen atoms in total. The van der Waals surface area contributed by atoms with Crippen LogP contribution in [0.3, 0.4) is 0 Å². The lowest BCUT2D eigenvalue weighted by Gasteiger charge is -2.10. The van der Waals surface area contributed by atoms with Crippen LogP contribution in [0.1, 0.15) is 33.5 Å². The lowest BCUT2D eigenvalue weighted by Crippen LogP contribution is -2.40. The van der Waals surface area contributed by atoms with Gasteiger partial charge in [0.1, 0.15) is 5.82 Å².